The van der Waals surface area contributed by atoms with Crippen LogP contribution in [0.15, 0.2) is 18.2 Å². The number of para-hydroxylation sites is 1. The molecular weight excluding hydrogens is 337 g/mol. The largest absolute Gasteiger partial charge is 0.486 e. The lowest BCUT2D eigenvalue weighted by molar-refractivity contribution is -0.194. The van der Waals surface area contributed by atoms with Crippen LogP contribution in [0.5, 0.6) is 11.5 Å². The number of hydrogen-bond acceptors (Lipinski definition) is 4. The number of piperidine rings is 1. The van der Waals surface area contributed by atoms with Gasteiger partial charge < -0.3 is 14.8 Å². The van der Waals surface area contributed by atoms with E-state index in [1.807, 2.05) is 0 Å². The van der Waals surface area contributed by atoms with Crippen LogP contribution in [0.2, 0.25) is 0 Å². The zero-order valence-corrected chi connectivity index (χ0v) is 13.9. The van der Waals surface area contributed by atoms with Gasteiger partial charge in [0.15, 0.2) is 11.5 Å². The Morgan fingerprint density at radius 2 is 2.04 bits per heavy atom. The molecule has 0 radical (unpaired) electrons. The van der Waals surface area contributed by atoms with E-state index >= 15 is 0 Å². The van der Waals surface area contributed by atoms with Crippen molar-refractivity contribution in [3.63, 3.8) is 0 Å². The first-order valence-electron chi connectivity index (χ1n) is 8.30. The first-order chi connectivity index (χ1) is 11.8. The summed E-state index contributed by atoms with van der Waals surface area (Å²) in [7, 11) is 0. The number of carbonyl (C=O) groups is 1. The Kier molecular flexibility index (Phi) is 5.08. The third-order valence-corrected chi connectivity index (χ3v) is 4.49. The Hall–Kier alpha value is -1.96. The van der Waals surface area contributed by atoms with Gasteiger partial charge in [0.2, 0.25) is 5.91 Å². The van der Waals surface area contributed by atoms with E-state index < -0.39 is 12.2 Å². The molecule has 0 unspecified atom stereocenters. The number of hydrogen-bond donors (Lipinski definition) is 1. The summed E-state index contributed by atoms with van der Waals surface area (Å²) in [5.41, 5.74) is 0.662. The molecule has 2 aliphatic heterocycles. The minimum absolute atomic E-state index is 0.0408. The van der Waals surface area contributed by atoms with E-state index in [-0.39, 0.29) is 31.5 Å². The Balaban J connectivity index is 1.82. The molecule has 5 nitrogen and oxygen atoms in total. The van der Waals surface area contributed by atoms with Gasteiger partial charge in [-0.1, -0.05) is 12.1 Å². The van der Waals surface area contributed by atoms with Crippen LogP contribution in [0.4, 0.5) is 13.2 Å². The van der Waals surface area contributed by atoms with Gasteiger partial charge in [0.05, 0.1) is 0 Å². The summed E-state index contributed by atoms with van der Waals surface area (Å²) < 4.78 is 51.4. The fourth-order valence-electron chi connectivity index (χ4n) is 3.47. The highest BCUT2D eigenvalue weighted by atomic mass is 19.4. The normalized spacial score (nSPS) is 24.0. The highest BCUT2D eigenvalue weighted by Crippen LogP contribution is 2.37. The summed E-state index contributed by atoms with van der Waals surface area (Å²) >= 11 is 0. The Labute approximate surface area is 144 Å². The van der Waals surface area contributed by atoms with Crippen molar-refractivity contribution in [1.29, 1.82) is 0 Å². The molecule has 0 saturated carbocycles. The van der Waals surface area contributed by atoms with Gasteiger partial charge in [-0.2, -0.15) is 13.2 Å². The maximum atomic E-state index is 13.4. The van der Waals surface area contributed by atoms with Gasteiger partial charge in [0, 0.05) is 31.6 Å². The number of carbonyl (C=O) groups excluding carboxylic acids is 1. The maximum Gasteiger partial charge on any atom is 0.404 e. The number of nitrogens with one attached hydrogen (secondary N) is 1. The molecule has 0 aromatic heterocycles. The fourth-order valence-corrected chi connectivity index (χ4v) is 3.47. The lowest BCUT2D eigenvalue weighted by atomic mass is 9.96. The molecule has 138 valence electrons. The number of ether oxygens (including phenoxy) is 2. The molecule has 1 N–H and O–H groups in total. The third-order valence-electron chi connectivity index (χ3n) is 4.49. The first-order valence-corrected chi connectivity index (χ1v) is 8.30. The molecular formula is C17H21F3N2O3. The predicted molar refractivity (Wildman–Crippen MR) is 84.5 cm³/mol. The summed E-state index contributed by atoms with van der Waals surface area (Å²) in [5, 5.41) is 2.73. The molecule has 1 saturated heterocycles. The van der Waals surface area contributed by atoms with Gasteiger partial charge in [-0.15, -0.1) is 0 Å². The van der Waals surface area contributed by atoms with E-state index in [4.69, 9.17) is 9.47 Å². The van der Waals surface area contributed by atoms with Gasteiger partial charge in [-0.05, 0) is 18.9 Å². The first kappa shape index (κ1) is 17.8. The summed E-state index contributed by atoms with van der Waals surface area (Å²) in [5.74, 6) is 0.836. The van der Waals surface area contributed by atoms with Crippen molar-refractivity contribution in [3.05, 3.63) is 23.8 Å². The van der Waals surface area contributed by atoms with Gasteiger partial charge in [0.1, 0.15) is 19.3 Å². The molecule has 8 heteroatoms. The predicted octanol–water partition coefficient (Wildman–Crippen LogP) is 2.49. The van der Waals surface area contributed by atoms with E-state index in [2.05, 4.69) is 5.32 Å². The Morgan fingerprint density at radius 3 is 2.76 bits per heavy atom. The second-order valence-electron chi connectivity index (χ2n) is 6.40. The fraction of sp³-hybridized carbons (Fsp3) is 0.588. The van der Waals surface area contributed by atoms with Crippen molar-refractivity contribution in [2.75, 3.05) is 19.8 Å². The Bertz CT molecular complexity index is 636. The molecule has 3 rings (SSSR count). The van der Waals surface area contributed by atoms with E-state index in [1.165, 1.54) is 11.8 Å². The number of rotatable bonds is 3. The topological polar surface area (TPSA) is 50.8 Å². The molecule has 1 fully saturated rings. The number of benzene rings is 1. The van der Waals surface area contributed by atoms with Crippen molar-refractivity contribution in [2.45, 2.75) is 44.6 Å². The van der Waals surface area contributed by atoms with Crippen molar-refractivity contribution in [3.8, 4) is 11.5 Å². The molecule has 0 bridgehead atoms. The summed E-state index contributed by atoms with van der Waals surface area (Å²) in [6.45, 7) is 2.41. The average Bonchev–Trinajstić information content (AvgIpc) is 2.54. The second kappa shape index (κ2) is 7.11. The van der Waals surface area contributed by atoms with Gasteiger partial charge in [-0.25, -0.2) is 0 Å². The highest BCUT2D eigenvalue weighted by Gasteiger charge is 2.46. The quantitative estimate of drug-likeness (QED) is 0.902. The van der Waals surface area contributed by atoms with E-state index in [9.17, 15) is 18.0 Å². The van der Waals surface area contributed by atoms with E-state index in [0.717, 1.165) is 0 Å². The SMILES string of the molecule is CC(=O)N[C@H]1CC[C@@H](C(F)(F)F)N(Cc2cccc3c2OCCO3)C1. The minimum atomic E-state index is -4.31. The smallest absolute Gasteiger partial charge is 0.404 e. The second-order valence-corrected chi connectivity index (χ2v) is 6.40. The third kappa shape index (κ3) is 4.18. The molecule has 2 aliphatic rings. The van der Waals surface area contributed by atoms with Crippen LogP contribution in [-0.2, 0) is 11.3 Å². The number of amides is 1. The van der Waals surface area contributed by atoms with Crippen molar-refractivity contribution in [1.82, 2.24) is 10.2 Å². The lowest BCUT2D eigenvalue weighted by Gasteiger charge is -2.40. The zero-order chi connectivity index (χ0) is 18.0. The number of nitrogens with zero attached hydrogens (tertiary/aromatic N) is 1. The standard InChI is InChI=1S/C17H21F3N2O3/c1-11(23)21-13-5-6-15(17(18,19)20)22(10-13)9-12-3-2-4-14-16(12)25-8-7-24-14/h2-4,13,15H,5-10H2,1H3,(H,21,23)/t13-,15-/m0/s1. The maximum absolute atomic E-state index is 13.4. The molecule has 1 aromatic rings. The summed E-state index contributed by atoms with van der Waals surface area (Å²) in [6.07, 6.45) is -4.04. The molecule has 0 aliphatic carbocycles. The van der Waals surface area contributed by atoms with Crippen molar-refractivity contribution in [2.24, 2.45) is 0 Å². The van der Waals surface area contributed by atoms with Gasteiger partial charge >= 0.3 is 6.18 Å². The number of likely N-dealkylation sites (tertiary alicyclic amines) is 1. The van der Waals surface area contributed by atoms with Crippen LogP contribution in [0.3, 0.4) is 0 Å². The average molecular weight is 358 g/mol. The zero-order valence-electron chi connectivity index (χ0n) is 13.9. The van der Waals surface area contributed by atoms with Crippen LogP contribution in [0.1, 0.15) is 25.3 Å². The number of halogens is 3. The molecule has 0 spiro atoms. The molecule has 1 aromatic carbocycles. The highest BCUT2D eigenvalue weighted by molar-refractivity contribution is 5.73. The van der Waals surface area contributed by atoms with Crippen molar-refractivity contribution >= 4 is 5.91 Å². The summed E-state index contributed by atoms with van der Waals surface area (Å²) in [4.78, 5) is 12.6. The summed E-state index contributed by atoms with van der Waals surface area (Å²) in [6, 6.07) is 3.44. The van der Waals surface area contributed by atoms with Gasteiger partial charge in [0.25, 0.3) is 0 Å². The Morgan fingerprint density at radius 1 is 1.28 bits per heavy atom. The van der Waals surface area contributed by atoms with Crippen LogP contribution in [0, 0.1) is 0 Å². The van der Waals surface area contributed by atoms with E-state index in [0.29, 0.717) is 36.7 Å². The monoisotopic (exact) mass is 358 g/mol. The van der Waals surface area contributed by atoms with Crippen LogP contribution in [0.25, 0.3) is 0 Å². The van der Waals surface area contributed by atoms with Gasteiger partial charge in [-0.3, -0.25) is 9.69 Å². The van der Waals surface area contributed by atoms with Crippen LogP contribution in [-0.4, -0.2) is 48.8 Å². The van der Waals surface area contributed by atoms with E-state index in [1.54, 1.807) is 18.2 Å². The van der Waals surface area contributed by atoms with Crippen LogP contribution < -0.4 is 14.8 Å². The molecule has 25 heavy (non-hydrogen) atoms. The number of alkyl halides is 3. The molecule has 2 heterocycles. The van der Waals surface area contributed by atoms with Crippen molar-refractivity contribution < 1.29 is 27.4 Å². The lowest BCUT2D eigenvalue weighted by Crippen LogP contribution is -2.55. The van der Waals surface area contributed by atoms with Crippen LogP contribution >= 0.6 is 0 Å². The molecule has 1 amide bonds. The molecule has 2 atom stereocenters. The number of fused-ring (bicyclic) bond motifs is 1. The minimum Gasteiger partial charge on any atom is -0.486 e.